The topological polar surface area (TPSA) is 78.4 Å². The van der Waals surface area contributed by atoms with Crippen molar-refractivity contribution in [3.63, 3.8) is 0 Å². The maximum atomic E-state index is 12.0. The van der Waals surface area contributed by atoms with Crippen LogP contribution < -0.4 is 10.6 Å². The zero-order valence-corrected chi connectivity index (χ0v) is 11.3. The van der Waals surface area contributed by atoms with E-state index in [1.165, 1.54) is 0 Å². The number of hydrogen-bond donors (Lipinski definition) is 3. The number of carbonyl (C=O) groups excluding carboxylic acids is 1. The van der Waals surface area contributed by atoms with Crippen molar-refractivity contribution < 1.29 is 14.7 Å². The fourth-order valence-corrected chi connectivity index (χ4v) is 2.43. The Kier molecular flexibility index (Phi) is 5.12. The molecule has 1 amide bonds. The standard InChI is InChI=1S/C15H20N2O3/c18-14(13-8-4-5-9-16-13)17-10-12(15(19)20)11-6-2-1-3-7-11/h1-3,6-7,12-13,16H,4-5,8-10H2,(H,17,18)(H,19,20). The van der Waals surface area contributed by atoms with Gasteiger partial charge in [-0.15, -0.1) is 0 Å². The van der Waals surface area contributed by atoms with Crippen LogP contribution in [0.2, 0.25) is 0 Å². The van der Waals surface area contributed by atoms with Crippen LogP contribution in [-0.4, -0.2) is 36.1 Å². The summed E-state index contributed by atoms with van der Waals surface area (Å²) >= 11 is 0. The second-order valence-corrected chi connectivity index (χ2v) is 5.05. The first kappa shape index (κ1) is 14.5. The zero-order chi connectivity index (χ0) is 14.4. The lowest BCUT2D eigenvalue weighted by Crippen LogP contribution is -2.47. The number of amides is 1. The van der Waals surface area contributed by atoms with Crippen molar-refractivity contribution in [2.24, 2.45) is 0 Å². The third-order valence-corrected chi connectivity index (χ3v) is 3.61. The highest BCUT2D eigenvalue weighted by Gasteiger charge is 2.24. The molecule has 20 heavy (non-hydrogen) atoms. The minimum Gasteiger partial charge on any atom is -0.481 e. The Labute approximate surface area is 118 Å². The van der Waals surface area contributed by atoms with Crippen molar-refractivity contribution in [1.29, 1.82) is 0 Å². The molecule has 1 saturated heterocycles. The molecule has 5 nitrogen and oxygen atoms in total. The second kappa shape index (κ2) is 7.05. The smallest absolute Gasteiger partial charge is 0.312 e. The summed E-state index contributed by atoms with van der Waals surface area (Å²) in [6.45, 7) is 0.968. The van der Waals surface area contributed by atoms with E-state index < -0.39 is 11.9 Å². The molecule has 0 radical (unpaired) electrons. The molecule has 2 rings (SSSR count). The van der Waals surface area contributed by atoms with E-state index in [0.717, 1.165) is 25.8 Å². The lowest BCUT2D eigenvalue weighted by atomic mass is 9.98. The van der Waals surface area contributed by atoms with Gasteiger partial charge in [0.15, 0.2) is 0 Å². The number of piperidine rings is 1. The van der Waals surface area contributed by atoms with E-state index in [-0.39, 0.29) is 18.5 Å². The van der Waals surface area contributed by atoms with Crippen molar-refractivity contribution >= 4 is 11.9 Å². The second-order valence-electron chi connectivity index (χ2n) is 5.05. The van der Waals surface area contributed by atoms with E-state index in [1.54, 1.807) is 24.3 Å². The molecule has 0 bridgehead atoms. The molecule has 1 fully saturated rings. The van der Waals surface area contributed by atoms with E-state index in [2.05, 4.69) is 10.6 Å². The normalized spacial score (nSPS) is 20.1. The van der Waals surface area contributed by atoms with Crippen LogP contribution in [0.25, 0.3) is 0 Å². The summed E-state index contributed by atoms with van der Waals surface area (Å²) in [5.74, 6) is -1.73. The first-order valence-corrected chi connectivity index (χ1v) is 6.97. The van der Waals surface area contributed by atoms with Gasteiger partial charge in [-0.05, 0) is 24.9 Å². The number of carbonyl (C=O) groups is 2. The van der Waals surface area contributed by atoms with E-state index >= 15 is 0 Å². The maximum Gasteiger partial charge on any atom is 0.312 e. The minimum absolute atomic E-state index is 0.105. The van der Waals surface area contributed by atoms with Gasteiger partial charge in [0.2, 0.25) is 5.91 Å². The average Bonchev–Trinajstić information content (AvgIpc) is 2.49. The van der Waals surface area contributed by atoms with Crippen LogP contribution in [0.1, 0.15) is 30.7 Å². The van der Waals surface area contributed by atoms with Gasteiger partial charge in [-0.3, -0.25) is 9.59 Å². The van der Waals surface area contributed by atoms with Crippen molar-refractivity contribution in [3.05, 3.63) is 35.9 Å². The molecule has 0 aliphatic carbocycles. The maximum absolute atomic E-state index is 12.0. The molecule has 3 N–H and O–H groups in total. The molecule has 1 aliphatic heterocycles. The first-order valence-electron chi connectivity index (χ1n) is 6.97. The van der Waals surface area contributed by atoms with E-state index in [4.69, 9.17) is 0 Å². The van der Waals surface area contributed by atoms with Crippen LogP contribution in [0.15, 0.2) is 30.3 Å². The van der Waals surface area contributed by atoms with Crippen LogP contribution in [0.4, 0.5) is 0 Å². The van der Waals surface area contributed by atoms with Gasteiger partial charge in [0, 0.05) is 6.54 Å². The molecule has 1 aliphatic rings. The lowest BCUT2D eigenvalue weighted by molar-refractivity contribution is -0.138. The number of nitrogens with one attached hydrogen (secondary N) is 2. The summed E-state index contributed by atoms with van der Waals surface area (Å²) in [5, 5.41) is 15.2. The van der Waals surface area contributed by atoms with Crippen LogP contribution in [-0.2, 0) is 9.59 Å². The fourth-order valence-electron chi connectivity index (χ4n) is 2.43. The third-order valence-electron chi connectivity index (χ3n) is 3.61. The van der Waals surface area contributed by atoms with Gasteiger partial charge >= 0.3 is 5.97 Å². The van der Waals surface area contributed by atoms with Gasteiger partial charge < -0.3 is 15.7 Å². The van der Waals surface area contributed by atoms with Gasteiger partial charge in [0.25, 0.3) is 0 Å². The van der Waals surface area contributed by atoms with Crippen LogP contribution in [0.3, 0.4) is 0 Å². The summed E-state index contributed by atoms with van der Waals surface area (Å²) in [7, 11) is 0. The Morgan fingerprint density at radius 2 is 2.05 bits per heavy atom. The van der Waals surface area contributed by atoms with Crippen molar-refractivity contribution in [2.75, 3.05) is 13.1 Å². The van der Waals surface area contributed by atoms with Gasteiger partial charge in [0.05, 0.1) is 12.0 Å². The first-order chi connectivity index (χ1) is 9.68. The third kappa shape index (κ3) is 3.81. The van der Waals surface area contributed by atoms with Crippen molar-refractivity contribution in [1.82, 2.24) is 10.6 Å². The predicted octanol–water partition coefficient (Wildman–Crippen LogP) is 1.11. The molecule has 108 valence electrons. The number of carboxylic acids is 1. The molecule has 1 heterocycles. The molecule has 1 aromatic rings. The average molecular weight is 276 g/mol. The number of hydrogen-bond acceptors (Lipinski definition) is 3. The molecule has 2 atom stereocenters. The minimum atomic E-state index is -0.923. The molecule has 5 heteroatoms. The van der Waals surface area contributed by atoms with E-state index in [0.29, 0.717) is 5.56 Å². The SMILES string of the molecule is O=C(NCC(C(=O)O)c1ccccc1)C1CCCCN1. The quantitative estimate of drug-likeness (QED) is 0.753. The molecule has 0 spiro atoms. The summed E-state index contributed by atoms with van der Waals surface area (Å²) < 4.78 is 0. The Morgan fingerprint density at radius 3 is 2.65 bits per heavy atom. The molecular weight excluding hydrogens is 256 g/mol. The van der Waals surface area contributed by atoms with Crippen molar-refractivity contribution in [3.8, 4) is 0 Å². The van der Waals surface area contributed by atoms with Crippen LogP contribution >= 0.6 is 0 Å². The fraction of sp³-hybridized carbons (Fsp3) is 0.467. The monoisotopic (exact) mass is 276 g/mol. The Balaban J connectivity index is 1.92. The highest BCUT2D eigenvalue weighted by Crippen LogP contribution is 2.15. The van der Waals surface area contributed by atoms with Gasteiger partial charge in [0.1, 0.15) is 0 Å². The molecular formula is C15H20N2O3. The number of carboxylic acid groups (broad SMARTS) is 1. The highest BCUT2D eigenvalue weighted by atomic mass is 16.4. The van der Waals surface area contributed by atoms with Crippen LogP contribution in [0, 0.1) is 0 Å². The number of benzene rings is 1. The Morgan fingerprint density at radius 1 is 1.30 bits per heavy atom. The number of rotatable bonds is 5. The van der Waals surface area contributed by atoms with E-state index in [9.17, 15) is 14.7 Å². The van der Waals surface area contributed by atoms with Gasteiger partial charge in [-0.1, -0.05) is 36.8 Å². The summed E-state index contributed by atoms with van der Waals surface area (Å²) in [5.41, 5.74) is 0.705. The zero-order valence-electron chi connectivity index (χ0n) is 11.3. The Hall–Kier alpha value is -1.88. The van der Waals surface area contributed by atoms with E-state index in [1.807, 2.05) is 6.07 Å². The molecule has 1 aromatic carbocycles. The Bertz CT molecular complexity index is 455. The van der Waals surface area contributed by atoms with Crippen LogP contribution in [0.5, 0.6) is 0 Å². The van der Waals surface area contributed by atoms with Gasteiger partial charge in [-0.2, -0.15) is 0 Å². The molecule has 2 unspecified atom stereocenters. The molecule has 0 saturated carbocycles. The number of aliphatic carboxylic acids is 1. The van der Waals surface area contributed by atoms with Crippen molar-refractivity contribution in [2.45, 2.75) is 31.2 Å². The summed E-state index contributed by atoms with van der Waals surface area (Å²) in [4.78, 5) is 23.3. The summed E-state index contributed by atoms with van der Waals surface area (Å²) in [6.07, 6.45) is 2.94. The summed E-state index contributed by atoms with van der Waals surface area (Å²) in [6, 6.07) is 8.79. The molecule has 0 aromatic heterocycles. The predicted molar refractivity (Wildman–Crippen MR) is 75.5 cm³/mol. The lowest BCUT2D eigenvalue weighted by Gasteiger charge is -2.23. The largest absolute Gasteiger partial charge is 0.481 e. The van der Waals surface area contributed by atoms with Gasteiger partial charge in [-0.25, -0.2) is 0 Å². The highest BCUT2D eigenvalue weighted by molar-refractivity contribution is 5.83.